The van der Waals surface area contributed by atoms with Gasteiger partial charge >= 0.3 is 0 Å². The summed E-state index contributed by atoms with van der Waals surface area (Å²) >= 11 is 0. The fourth-order valence-electron chi connectivity index (χ4n) is 1.76. The molecule has 4 nitrogen and oxygen atoms in total. The van der Waals surface area contributed by atoms with Crippen LogP contribution in [0.4, 0.5) is 5.69 Å². The fraction of sp³-hybridized carbons (Fsp3) is 0.500. The number of hydrogen-bond donors (Lipinski definition) is 0. The summed E-state index contributed by atoms with van der Waals surface area (Å²) in [5, 5.41) is 0.859. The van der Waals surface area contributed by atoms with Crippen LogP contribution in [-0.2, 0) is 4.57 Å². The summed E-state index contributed by atoms with van der Waals surface area (Å²) in [6.45, 7) is 0. The first-order chi connectivity index (χ1) is 7.80. The summed E-state index contributed by atoms with van der Waals surface area (Å²) in [5.41, 5.74) is 1.11. The molecule has 0 heterocycles. The van der Waals surface area contributed by atoms with Crippen molar-refractivity contribution >= 4 is 18.4 Å². The Kier molecular flexibility index (Phi) is 4.36. The second-order valence-electron chi connectivity index (χ2n) is 4.65. The van der Waals surface area contributed by atoms with Crippen LogP contribution in [0.3, 0.4) is 0 Å². The van der Waals surface area contributed by atoms with Gasteiger partial charge in [-0.05, 0) is 52.5 Å². The number of benzene rings is 1. The largest absolute Gasteiger partial charge is 0.378 e. The summed E-state index contributed by atoms with van der Waals surface area (Å²) in [4.78, 5) is 2.03. The highest BCUT2D eigenvalue weighted by Crippen LogP contribution is 2.48. The van der Waals surface area contributed by atoms with Crippen molar-refractivity contribution in [1.82, 2.24) is 9.34 Å². The van der Waals surface area contributed by atoms with E-state index in [1.54, 1.807) is 9.34 Å². The van der Waals surface area contributed by atoms with Crippen LogP contribution >= 0.6 is 7.44 Å². The number of rotatable bonds is 4. The molecule has 5 heteroatoms. The first-order valence-electron chi connectivity index (χ1n) is 5.53. The average Bonchev–Trinajstić information content (AvgIpc) is 2.27. The maximum Gasteiger partial charge on any atom is 0.244 e. The zero-order chi connectivity index (χ0) is 13.2. The van der Waals surface area contributed by atoms with Gasteiger partial charge in [0.05, 0.1) is 0 Å². The van der Waals surface area contributed by atoms with Gasteiger partial charge < -0.3 is 4.90 Å². The Balaban J connectivity index is 3.18. The molecule has 0 fully saturated rings. The second kappa shape index (κ2) is 5.21. The Bertz CT molecular complexity index is 400. The van der Waals surface area contributed by atoms with Crippen LogP contribution in [0.1, 0.15) is 0 Å². The molecule has 0 atom stereocenters. The van der Waals surface area contributed by atoms with E-state index in [4.69, 9.17) is 0 Å². The standard InChI is InChI=1S/C12H22N3OP/c1-13(2)11-7-9-12(10-8-11)17(16,14(3)4)15(5)6/h7-10H,1-6H3. The van der Waals surface area contributed by atoms with Crippen molar-refractivity contribution in [3.05, 3.63) is 24.3 Å². The molecule has 96 valence electrons. The Morgan fingerprint density at radius 3 is 1.53 bits per heavy atom. The summed E-state index contributed by atoms with van der Waals surface area (Å²) in [6.07, 6.45) is 0. The van der Waals surface area contributed by atoms with Gasteiger partial charge in [-0.3, -0.25) is 4.57 Å². The van der Waals surface area contributed by atoms with E-state index in [1.165, 1.54) is 0 Å². The lowest BCUT2D eigenvalue weighted by Crippen LogP contribution is -2.28. The SMILES string of the molecule is CN(C)c1ccc(P(=O)(N(C)C)N(C)C)cc1. The van der Waals surface area contributed by atoms with Gasteiger partial charge in [0.2, 0.25) is 7.44 Å². The zero-order valence-electron chi connectivity index (χ0n) is 11.5. The van der Waals surface area contributed by atoms with Crippen molar-refractivity contribution in [3.63, 3.8) is 0 Å². The van der Waals surface area contributed by atoms with Gasteiger partial charge in [-0.15, -0.1) is 0 Å². The normalized spacial score (nSPS) is 12.2. The molecule has 1 rings (SSSR count). The Labute approximate surface area is 104 Å². The Hall–Kier alpha value is -0.830. The molecular weight excluding hydrogens is 233 g/mol. The maximum atomic E-state index is 12.9. The Morgan fingerprint density at radius 1 is 0.824 bits per heavy atom. The molecular formula is C12H22N3OP. The summed E-state index contributed by atoms with van der Waals surface area (Å²) in [7, 11) is 8.76. The van der Waals surface area contributed by atoms with Crippen molar-refractivity contribution in [2.24, 2.45) is 0 Å². The second-order valence-corrected chi connectivity index (χ2v) is 7.85. The molecule has 0 amide bonds. The molecule has 0 aliphatic carbocycles. The molecule has 1 aromatic rings. The smallest absolute Gasteiger partial charge is 0.244 e. The third-order valence-electron chi connectivity index (χ3n) is 2.79. The summed E-state index contributed by atoms with van der Waals surface area (Å²) in [6, 6.07) is 7.87. The van der Waals surface area contributed by atoms with Gasteiger partial charge in [0.25, 0.3) is 0 Å². The van der Waals surface area contributed by atoms with E-state index in [2.05, 4.69) is 0 Å². The molecule has 0 unspecified atom stereocenters. The van der Waals surface area contributed by atoms with Crippen LogP contribution in [-0.4, -0.2) is 51.6 Å². The molecule has 0 aromatic heterocycles. The minimum Gasteiger partial charge on any atom is -0.378 e. The van der Waals surface area contributed by atoms with E-state index >= 15 is 0 Å². The van der Waals surface area contributed by atoms with E-state index in [-0.39, 0.29) is 0 Å². The van der Waals surface area contributed by atoms with Crippen LogP contribution in [0.25, 0.3) is 0 Å². The van der Waals surface area contributed by atoms with Crippen molar-refractivity contribution in [2.45, 2.75) is 0 Å². The fourth-order valence-corrected chi connectivity index (χ4v) is 3.94. The van der Waals surface area contributed by atoms with Crippen LogP contribution in [0.15, 0.2) is 24.3 Å². The molecule has 0 saturated carbocycles. The van der Waals surface area contributed by atoms with Crippen molar-refractivity contribution < 1.29 is 4.57 Å². The summed E-state index contributed by atoms with van der Waals surface area (Å²) < 4.78 is 16.5. The van der Waals surface area contributed by atoms with E-state index in [9.17, 15) is 4.57 Å². The van der Waals surface area contributed by atoms with E-state index < -0.39 is 7.44 Å². The van der Waals surface area contributed by atoms with Gasteiger partial charge in [0, 0.05) is 25.1 Å². The highest BCUT2D eigenvalue weighted by atomic mass is 31.2. The molecule has 0 bridgehead atoms. The number of hydrogen-bond acceptors (Lipinski definition) is 2. The van der Waals surface area contributed by atoms with Crippen LogP contribution < -0.4 is 10.2 Å². The minimum atomic E-state index is -2.62. The molecule has 0 aliphatic heterocycles. The first-order valence-corrected chi connectivity index (χ1v) is 7.15. The average molecular weight is 255 g/mol. The maximum absolute atomic E-state index is 12.9. The predicted molar refractivity (Wildman–Crippen MR) is 75.4 cm³/mol. The van der Waals surface area contributed by atoms with Crippen molar-refractivity contribution in [3.8, 4) is 0 Å². The van der Waals surface area contributed by atoms with Gasteiger partial charge in [0.15, 0.2) is 0 Å². The van der Waals surface area contributed by atoms with Crippen molar-refractivity contribution in [2.75, 3.05) is 47.2 Å². The van der Waals surface area contributed by atoms with Crippen LogP contribution in [0.5, 0.6) is 0 Å². The monoisotopic (exact) mass is 255 g/mol. The highest BCUT2D eigenvalue weighted by Gasteiger charge is 2.30. The third kappa shape index (κ3) is 2.71. The molecule has 17 heavy (non-hydrogen) atoms. The van der Waals surface area contributed by atoms with Gasteiger partial charge in [-0.2, -0.15) is 0 Å². The molecule has 0 N–H and O–H groups in total. The predicted octanol–water partition coefficient (Wildman–Crippen LogP) is 1.69. The van der Waals surface area contributed by atoms with Gasteiger partial charge in [0.1, 0.15) is 0 Å². The van der Waals surface area contributed by atoms with Gasteiger partial charge in [-0.1, -0.05) is 0 Å². The topological polar surface area (TPSA) is 26.8 Å². The third-order valence-corrected chi connectivity index (χ3v) is 5.93. The first kappa shape index (κ1) is 14.2. The molecule has 1 aromatic carbocycles. The lowest BCUT2D eigenvalue weighted by atomic mass is 10.3. The minimum absolute atomic E-state index is 0.859. The summed E-state index contributed by atoms with van der Waals surface area (Å²) in [5.74, 6) is 0. The van der Waals surface area contributed by atoms with Crippen LogP contribution in [0.2, 0.25) is 0 Å². The highest BCUT2D eigenvalue weighted by molar-refractivity contribution is 7.67. The molecule has 0 radical (unpaired) electrons. The molecule has 0 saturated heterocycles. The van der Waals surface area contributed by atoms with E-state index in [0.717, 1.165) is 11.0 Å². The van der Waals surface area contributed by atoms with Crippen molar-refractivity contribution in [1.29, 1.82) is 0 Å². The van der Waals surface area contributed by atoms with Crippen LogP contribution in [0, 0.1) is 0 Å². The zero-order valence-corrected chi connectivity index (χ0v) is 12.4. The lowest BCUT2D eigenvalue weighted by Gasteiger charge is -2.31. The molecule has 0 spiro atoms. The van der Waals surface area contributed by atoms with E-state index in [1.807, 2.05) is 71.5 Å². The quantitative estimate of drug-likeness (QED) is 0.765. The number of nitrogens with zero attached hydrogens (tertiary/aromatic N) is 3. The van der Waals surface area contributed by atoms with Gasteiger partial charge in [-0.25, -0.2) is 9.34 Å². The molecule has 0 aliphatic rings. The number of anilines is 1. The lowest BCUT2D eigenvalue weighted by molar-refractivity contribution is 0.460. The van der Waals surface area contributed by atoms with E-state index in [0.29, 0.717) is 0 Å². The Morgan fingerprint density at radius 2 is 1.24 bits per heavy atom.